The number of hydrogen-bond acceptors (Lipinski definition) is 5. The van der Waals surface area contributed by atoms with E-state index in [-0.39, 0.29) is 25.0 Å². The van der Waals surface area contributed by atoms with Crippen molar-refractivity contribution in [2.24, 2.45) is 0 Å². The summed E-state index contributed by atoms with van der Waals surface area (Å²) in [7, 11) is 0. The van der Waals surface area contributed by atoms with Gasteiger partial charge >= 0.3 is 5.97 Å². The number of hydrogen-bond donors (Lipinski definition) is 2. The molecule has 1 aliphatic rings. The predicted molar refractivity (Wildman–Crippen MR) is 123 cm³/mol. The summed E-state index contributed by atoms with van der Waals surface area (Å²) in [6.07, 6.45) is 0. The van der Waals surface area contributed by atoms with E-state index in [1.165, 1.54) is 0 Å². The normalized spacial score (nSPS) is 14.3. The first kappa shape index (κ1) is 23.5. The van der Waals surface area contributed by atoms with Gasteiger partial charge in [-0.1, -0.05) is 12.1 Å². The molecule has 0 unspecified atom stereocenters. The first-order valence-corrected chi connectivity index (χ1v) is 11.0. The molecule has 2 amide bonds. The second kappa shape index (κ2) is 9.99. The second-order valence-corrected chi connectivity index (χ2v) is 8.21. The molecule has 1 saturated heterocycles. The number of H-pyrrole nitrogens is 1. The monoisotopic (exact) mass is 440 g/mol. The van der Waals surface area contributed by atoms with Crippen molar-refractivity contribution in [2.45, 2.75) is 34.6 Å². The van der Waals surface area contributed by atoms with Crippen molar-refractivity contribution in [1.29, 1.82) is 0 Å². The molecule has 32 heavy (non-hydrogen) atoms. The number of amides is 2. The maximum Gasteiger partial charge on any atom is 0.340 e. The van der Waals surface area contributed by atoms with Crippen molar-refractivity contribution in [2.75, 3.05) is 44.6 Å². The molecule has 0 atom stereocenters. The molecule has 0 bridgehead atoms. The first-order valence-electron chi connectivity index (χ1n) is 11.0. The molecule has 0 saturated carbocycles. The number of nitrogens with one attached hydrogen (secondary N) is 2. The quantitative estimate of drug-likeness (QED) is 0.674. The number of carbonyl (C=O) groups is 3. The number of aryl methyl sites for hydroxylation is 2. The lowest BCUT2D eigenvalue weighted by Crippen LogP contribution is -2.50. The van der Waals surface area contributed by atoms with Crippen LogP contribution in [0.25, 0.3) is 0 Å². The number of piperazine rings is 1. The second-order valence-electron chi connectivity index (χ2n) is 8.21. The third-order valence-corrected chi connectivity index (χ3v) is 6.04. The molecule has 2 aromatic rings. The molecule has 1 aromatic carbocycles. The van der Waals surface area contributed by atoms with Gasteiger partial charge in [0, 0.05) is 37.6 Å². The number of carbonyl (C=O) groups excluding carboxylic acids is 3. The van der Waals surface area contributed by atoms with Crippen LogP contribution < -0.4 is 5.32 Å². The zero-order valence-corrected chi connectivity index (χ0v) is 19.5. The number of benzene rings is 1. The SMILES string of the molecule is CCOC(=O)c1c(C)[nH]c(C(=O)N2CCN(CC(=O)Nc3cccc(C)c3C)CC2)c1C. The summed E-state index contributed by atoms with van der Waals surface area (Å²) in [6, 6.07) is 5.85. The van der Waals surface area contributed by atoms with E-state index in [1.807, 2.05) is 36.9 Å². The molecule has 8 nitrogen and oxygen atoms in total. The highest BCUT2D eigenvalue weighted by molar-refractivity contribution is 6.00. The van der Waals surface area contributed by atoms with Crippen LogP contribution in [0.3, 0.4) is 0 Å². The largest absolute Gasteiger partial charge is 0.462 e. The lowest BCUT2D eigenvalue weighted by molar-refractivity contribution is -0.117. The van der Waals surface area contributed by atoms with Crippen molar-refractivity contribution in [3.63, 3.8) is 0 Å². The molecule has 1 aromatic heterocycles. The number of ether oxygens (including phenoxy) is 1. The smallest absolute Gasteiger partial charge is 0.340 e. The molecule has 0 radical (unpaired) electrons. The van der Waals surface area contributed by atoms with Gasteiger partial charge in [0.1, 0.15) is 5.69 Å². The van der Waals surface area contributed by atoms with Crippen LogP contribution in [0.4, 0.5) is 5.69 Å². The number of anilines is 1. The Morgan fingerprint density at radius 2 is 1.72 bits per heavy atom. The van der Waals surface area contributed by atoms with Crippen LogP contribution >= 0.6 is 0 Å². The van der Waals surface area contributed by atoms with E-state index < -0.39 is 5.97 Å². The van der Waals surface area contributed by atoms with Crippen LogP contribution in [0.5, 0.6) is 0 Å². The van der Waals surface area contributed by atoms with E-state index in [2.05, 4.69) is 10.3 Å². The lowest BCUT2D eigenvalue weighted by atomic mass is 10.1. The van der Waals surface area contributed by atoms with Crippen molar-refractivity contribution < 1.29 is 19.1 Å². The highest BCUT2D eigenvalue weighted by atomic mass is 16.5. The Labute approximate surface area is 188 Å². The highest BCUT2D eigenvalue weighted by Gasteiger charge is 2.28. The van der Waals surface area contributed by atoms with Gasteiger partial charge in [-0.2, -0.15) is 0 Å². The summed E-state index contributed by atoms with van der Waals surface area (Å²) in [5.41, 5.74) is 5.13. The van der Waals surface area contributed by atoms with Crippen LogP contribution in [0.1, 0.15) is 50.2 Å². The molecule has 2 N–H and O–H groups in total. The standard InChI is InChI=1S/C24H32N4O4/c1-6-32-24(31)21-17(4)22(25-18(21)5)23(30)28-12-10-27(11-13-28)14-20(29)26-19-9-7-8-15(2)16(19)3/h7-9,25H,6,10-14H2,1-5H3,(H,26,29). The van der Waals surface area contributed by atoms with Crippen molar-refractivity contribution in [3.8, 4) is 0 Å². The predicted octanol–water partition coefficient (Wildman–Crippen LogP) is 2.82. The van der Waals surface area contributed by atoms with Gasteiger partial charge in [-0.3, -0.25) is 14.5 Å². The van der Waals surface area contributed by atoms with Crippen LogP contribution in [-0.2, 0) is 9.53 Å². The highest BCUT2D eigenvalue weighted by Crippen LogP contribution is 2.21. The van der Waals surface area contributed by atoms with Crippen molar-refractivity contribution in [3.05, 3.63) is 51.8 Å². The van der Waals surface area contributed by atoms with Crippen molar-refractivity contribution in [1.82, 2.24) is 14.8 Å². The molecule has 8 heteroatoms. The van der Waals surface area contributed by atoms with Crippen LogP contribution in [-0.4, -0.2) is 71.9 Å². The molecule has 0 spiro atoms. The Bertz CT molecular complexity index is 1020. The third kappa shape index (κ3) is 5.02. The number of aromatic amines is 1. The van der Waals surface area contributed by atoms with Gasteiger partial charge in [-0.15, -0.1) is 0 Å². The number of esters is 1. The van der Waals surface area contributed by atoms with E-state index in [9.17, 15) is 14.4 Å². The summed E-state index contributed by atoms with van der Waals surface area (Å²) < 4.78 is 5.11. The minimum Gasteiger partial charge on any atom is -0.462 e. The minimum absolute atomic E-state index is 0.0617. The van der Waals surface area contributed by atoms with Gasteiger partial charge in [0.25, 0.3) is 5.91 Å². The van der Waals surface area contributed by atoms with E-state index >= 15 is 0 Å². The van der Waals surface area contributed by atoms with Crippen LogP contribution in [0.15, 0.2) is 18.2 Å². The Balaban J connectivity index is 1.57. The number of aromatic nitrogens is 1. The molecule has 1 fully saturated rings. The van der Waals surface area contributed by atoms with Gasteiger partial charge in [0.15, 0.2) is 0 Å². The summed E-state index contributed by atoms with van der Waals surface area (Å²) in [6.45, 7) is 12.1. The molecule has 172 valence electrons. The third-order valence-electron chi connectivity index (χ3n) is 6.04. The minimum atomic E-state index is -0.419. The average molecular weight is 441 g/mol. The zero-order valence-electron chi connectivity index (χ0n) is 19.5. The van der Waals surface area contributed by atoms with E-state index in [4.69, 9.17) is 4.74 Å². The Morgan fingerprint density at radius 3 is 2.38 bits per heavy atom. The van der Waals surface area contributed by atoms with Crippen LogP contribution in [0, 0.1) is 27.7 Å². The first-order chi connectivity index (χ1) is 15.2. The Morgan fingerprint density at radius 1 is 1.03 bits per heavy atom. The Hall–Kier alpha value is -3.13. The lowest BCUT2D eigenvalue weighted by Gasteiger charge is -2.34. The Kier molecular flexibility index (Phi) is 7.35. The van der Waals surface area contributed by atoms with E-state index in [0.717, 1.165) is 16.8 Å². The van der Waals surface area contributed by atoms with E-state index in [1.54, 1.807) is 25.7 Å². The zero-order chi connectivity index (χ0) is 23.4. The summed E-state index contributed by atoms with van der Waals surface area (Å²) in [5, 5.41) is 2.99. The van der Waals surface area contributed by atoms with Gasteiger partial charge < -0.3 is 19.9 Å². The fraction of sp³-hybridized carbons (Fsp3) is 0.458. The maximum atomic E-state index is 13.1. The van der Waals surface area contributed by atoms with Gasteiger partial charge in [-0.05, 0) is 57.4 Å². The topological polar surface area (TPSA) is 94.7 Å². The molecule has 0 aliphatic carbocycles. The molecule has 3 rings (SSSR count). The molecule has 2 heterocycles. The van der Waals surface area contributed by atoms with Crippen molar-refractivity contribution >= 4 is 23.5 Å². The fourth-order valence-corrected chi connectivity index (χ4v) is 4.02. The number of nitrogens with zero attached hydrogens (tertiary/aromatic N) is 2. The van der Waals surface area contributed by atoms with Gasteiger partial charge in [0.2, 0.25) is 5.91 Å². The summed E-state index contributed by atoms with van der Waals surface area (Å²) in [5.74, 6) is -0.619. The molecular formula is C24H32N4O4. The van der Waals surface area contributed by atoms with Crippen LogP contribution in [0.2, 0.25) is 0 Å². The fourth-order valence-electron chi connectivity index (χ4n) is 4.02. The molecule has 1 aliphatic heterocycles. The van der Waals surface area contributed by atoms with Gasteiger partial charge in [-0.25, -0.2) is 4.79 Å². The molecular weight excluding hydrogens is 408 g/mol. The van der Waals surface area contributed by atoms with Gasteiger partial charge in [0.05, 0.1) is 18.7 Å². The average Bonchev–Trinajstić information content (AvgIpc) is 3.05. The number of rotatable bonds is 6. The summed E-state index contributed by atoms with van der Waals surface area (Å²) in [4.78, 5) is 44.6. The van der Waals surface area contributed by atoms with E-state index in [0.29, 0.717) is 48.7 Å². The summed E-state index contributed by atoms with van der Waals surface area (Å²) >= 11 is 0. The maximum absolute atomic E-state index is 13.1.